The fourth-order valence-corrected chi connectivity index (χ4v) is 4.73. The number of halogens is 1. The summed E-state index contributed by atoms with van der Waals surface area (Å²) < 4.78 is 59.0. The highest BCUT2D eigenvalue weighted by Crippen LogP contribution is 2.29. The number of rotatable bonds is 7. The van der Waals surface area contributed by atoms with Gasteiger partial charge in [-0.1, -0.05) is 15.9 Å². The monoisotopic (exact) mass is 462 g/mol. The maximum atomic E-state index is 12.7. The summed E-state index contributed by atoms with van der Waals surface area (Å²) in [6.07, 6.45) is 0. The number of nitrogens with zero attached hydrogens (tertiary/aromatic N) is 1. The van der Waals surface area contributed by atoms with Crippen molar-refractivity contribution in [3.8, 4) is 5.75 Å². The maximum Gasteiger partial charge on any atom is 0.265 e. The molecule has 2 rings (SSSR count). The first-order chi connectivity index (χ1) is 12.1. The van der Waals surface area contributed by atoms with Crippen LogP contribution < -0.4 is 9.46 Å². The Morgan fingerprint density at radius 1 is 1.04 bits per heavy atom. The molecule has 0 bridgehead atoms. The van der Waals surface area contributed by atoms with E-state index in [0.717, 1.165) is 4.31 Å². The number of benzene rings is 2. The maximum absolute atomic E-state index is 12.7. The Bertz CT molecular complexity index is 988. The van der Waals surface area contributed by atoms with E-state index in [9.17, 15) is 16.8 Å². The summed E-state index contributed by atoms with van der Waals surface area (Å²) in [7, 11) is -4.65. The average molecular weight is 463 g/mol. The van der Waals surface area contributed by atoms with Crippen molar-refractivity contribution in [2.75, 3.05) is 25.4 Å². The summed E-state index contributed by atoms with van der Waals surface area (Å²) in [5.41, 5.74) is 0.241. The van der Waals surface area contributed by atoms with Crippen molar-refractivity contribution >= 4 is 41.7 Å². The van der Waals surface area contributed by atoms with Crippen LogP contribution in [0, 0.1) is 0 Å². The quantitative estimate of drug-likeness (QED) is 0.682. The number of ether oxygens (including phenoxy) is 1. The molecule has 0 saturated carbocycles. The van der Waals surface area contributed by atoms with E-state index in [1.165, 1.54) is 44.4 Å². The van der Waals surface area contributed by atoms with Gasteiger partial charge in [0, 0.05) is 24.3 Å². The molecule has 0 aliphatic carbocycles. The van der Waals surface area contributed by atoms with Gasteiger partial charge in [0.2, 0.25) is 10.0 Å². The highest BCUT2D eigenvalue weighted by molar-refractivity contribution is 9.10. The molecule has 0 fully saturated rings. The number of anilines is 1. The van der Waals surface area contributed by atoms with Gasteiger partial charge in [0.25, 0.3) is 10.0 Å². The van der Waals surface area contributed by atoms with E-state index in [4.69, 9.17) is 4.74 Å². The van der Waals surface area contributed by atoms with E-state index in [1.807, 2.05) is 0 Å². The lowest BCUT2D eigenvalue weighted by Crippen LogP contribution is -2.22. The van der Waals surface area contributed by atoms with Crippen molar-refractivity contribution in [2.45, 2.75) is 16.7 Å². The molecule has 0 atom stereocenters. The second-order valence-electron chi connectivity index (χ2n) is 5.44. The van der Waals surface area contributed by atoms with Crippen LogP contribution in [0.15, 0.2) is 56.7 Å². The third kappa shape index (κ3) is 4.56. The van der Waals surface area contributed by atoms with Gasteiger partial charge in [0.15, 0.2) is 0 Å². The number of hydrogen-bond acceptors (Lipinski definition) is 5. The topological polar surface area (TPSA) is 92.8 Å². The van der Waals surface area contributed by atoms with Crippen molar-refractivity contribution in [1.29, 1.82) is 0 Å². The van der Waals surface area contributed by atoms with Gasteiger partial charge >= 0.3 is 0 Å². The van der Waals surface area contributed by atoms with Gasteiger partial charge in [0.05, 0.1) is 11.5 Å². The molecule has 26 heavy (non-hydrogen) atoms. The van der Waals surface area contributed by atoms with E-state index in [0.29, 0.717) is 11.1 Å². The lowest BCUT2D eigenvalue weighted by Gasteiger charge is -2.14. The highest BCUT2D eigenvalue weighted by Gasteiger charge is 2.21. The van der Waals surface area contributed by atoms with Gasteiger partial charge in [-0.05, 0) is 49.4 Å². The Morgan fingerprint density at radius 2 is 1.65 bits per heavy atom. The molecule has 0 heterocycles. The molecular formula is C16H19BrN2O5S2. The molecule has 0 unspecified atom stereocenters. The standard InChI is InChI=1S/C16H19BrN2O5S2/c1-4-24-15-10-5-12(17)11-16(15)25(20,21)18-13-6-8-14(9-7-13)26(22,23)19(2)3/h5-11,18H,4H2,1-3H3. The second-order valence-corrected chi connectivity index (χ2v) is 10.2. The molecule has 0 radical (unpaired) electrons. The summed E-state index contributed by atoms with van der Waals surface area (Å²) in [6, 6.07) is 10.2. The van der Waals surface area contributed by atoms with Crippen molar-refractivity contribution in [3.05, 3.63) is 46.9 Å². The summed E-state index contributed by atoms with van der Waals surface area (Å²) in [5.74, 6) is 0.231. The molecule has 0 saturated heterocycles. The third-order valence-corrected chi connectivity index (χ3v) is 7.11. The van der Waals surface area contributed by atoms with E-state index >= 15 is 0 Å². The molecule has 2 aromatic rings. The number of hydrogen-bond donors (Lipinski definition) is 1. The molecule has 0 aliphatic rings. The molecule has 0 spiro atoms. The number of sulfonamides is 2. The SMILES string of the molecule is CCOc1ccc(Br)cc1S(=O)(=O)Nc1ccc(S(=O)(=O)N(C)C)cc1. The average Bonchev–Trinajstić information content (AvgIpc) is 2.56. The first-order valence-electron chi connectivity index (χ1n) is 7.55. The smallest absolute Gasteiger partial charge is 0.265 e. The zero-order chi connectivity index (χ0) is 19.5. The molecule has 7 nitrogen and oxygen atoms in total. The summed E-state index contributed by atoms with van der Waals surface area (Å²) in [5, 5.41) is 0. The van der Waals surface area contributed by atoms with E-state index in [-0.39, 0.29) is 21.2 Å². The zero-order valence-corrected chi connectivity index (χ0v) is 17.7. The minimum Gasteiger partial charge on any atom is -0.492 e. The van der Waals surface area contributed by atoms with Crippen LogP contribution >= 0.6 is 15.9 Å². The largest absolute Gasteiger partial charge is 0.492 e. The van der Waals surface area contributed by atoms with E-state index < -0.39 is 20.0 Å². The normalized spacial score (nSPS) is 12.2. The van der Waals surface area contributed by atoms with Crippen molar-refractivity contribution in [1.82, 2.24) is 4.31 Å². The Hall–Kier alpha value is -1.62. The van der Waals surface area contributed by atoms with E-state index in [2.05, 4.69) is 20.7 Å². The van der Waals surface area contributed by atoms with Crippen LogP contribution in [0.4, 0.5) is 5.69 Å². The lowest BCUT2D eigenvalue weighted by molar-refractivity contribution is 0.331. The Kier molecular flexibility index (Phi) is 6.33. The lowest BCUT2D eigenvalue weighted by atomic mass is 10.3. The van der Waals surface area contributed by atoms with Crippen molar-refractivity contribution in [3.63, 3.8) is 0 Å². The van der Waals surface area contributed by atoms with Crippen LogP contribution in [0.3, 0.4) is 0 Å². The highest BCUT2D eigenvalue weighted by atomic mass is 79.9. The predicted molar refractivity (Wildman–Crippen MR) is 103 cm³/mol. The van der Waals surface area contributed by atoms with Crippen molar-refractivity contribution < 1.29 is 21.6 Å². The molecule has 0 amide bonds. The Morgan fingerprint density at radius 3 is 2.19 bits per heavy atom. The van der Waals surface area contributed by atoms with E-state index in [1.54, 1.807) is 19.1 Å². The minimum atomic E-state index is -3.92. The van der Waals surface area contributed by atoms with Gasteiger partial charge in [-0.25, -0.2) is 21.1 Å². The zero-order valence-electron chi connectivity index (χ0n) is 14.4. The first kappa shape index (κ1) is 20.7. The molecule has 0 aromatic heterocycles. The molecule has 142 valence electrons. The molecule has 1 N–H and O–H groups in total. The molecule has 10 heteroatoms. The molecule has 2 aromatic carbocycles. The van der Waals surface area contributed by atoms with Crippen LogP contribution in [0.2, 0.25) is 0 Å². The van der Waals surface area contributed by atoms with Crippen LogP contribution in [0.25, 0.3) is 0 Å². The van der Waals surface area contributed by atoms with Crippen LogP contribution in [-0.2, 0) is 20.0 Å². The van der Waals surface area contributed by atoms with Gasteiger partial charge < -0.3 is 4.74 Å². The van der Waals surface area contributed by atoms with Gasteiger partial charge in [-0.2, -0.15) is 0 Å². The van der Waals surface area contributed by atoms with Gasteiger partial charge in [-0.3, -0.25) is 4.72 Å². The fraction of sp³-hybridized carbons (Fsp3) is 0.250. The second kappa shape index (κ2) is 7.95. The predicted octanol–water partition coefficient (Wildman–Crippen LogP) is 2.90. The minimum absolute atomic E-state index is 0.0151. The van der Waals surface area contributed by atoms with Crippen LogP contribution in [-0.4, -0.2) is 41.8 Å². The fourth-order valence-electron chi connectivity index (χ4n) is 2.08. The Balaban J connectivity index is 2.35. The third-order valence-electron chi connectivity index (χ3n) is 3.38. The van der Waals surface area contributed by atoms with Crippen LogP contribution in [0.5, 0.6) is 5.75 Å². The first-order valence-corrected chi connectivity index (χ1v) is 11.3. The van der Waals surface area contributed by atoms with Crippen molar-refractivity contribution in [2.24, 2.45) is 0 Å². The summed E-state index contributed by atoms with van der Waals surface area (Å²) in [4.78, 5) is 0.0571. The molecule has 0 aliphatic heterocycles. The van der Waals surface area contributed by atoms with Crippen LogP contribution in [0.1, 0.15) is 6.92 Å². The van der Waals surface area contributed by atoms with Gasteiger partial charge in [0.1, 0.15) is 10.6 Å². The summed E-state index contributed by atoms with van der Waals surface area (Å²) >= 11 is 3.25. The number of nitrogens with one attached hydrogen (secondary N) is 1. The summed E-state index contributed by atoms with van der Waals surface area (Å²) in [6.45, 7) is 2.08. The molecular weight excluding hydrogens is 444 g/mol. The van der Waals surface area contributed by atoms with Gasteiger partial charge in [-0.15, -0.1) is 0 Å². The Labute approximate surface area is 162 Å².